The molecule has 0 aromatic carbocycles. The molecule has 0 saturated heterocycles. The average Bonchev–Trinajstić information content (AvgIpc) is 3.50. The predicted molar refractivity (Wildman–Crippen MR) is 153 cm³/mol. The van der Waals surface area contributed by atoms with E-state index in [2.05, 4.69) is 74.6 Å². The zero-order valence-corrected chi connectivity index (χ0v) is 21.8. The Kier molecular flexibility index (Phi) is 6.95. The second kappa shape index (κ2) is 10.6. The van der Waals surface area contributed by atoms with Crippen molar-refractivity contribution in [3.8, 4) is 22.6 Å². The number of nitrogens with zero attached hydrogens (tertiary/aromatic N) is 5. The summed E-state index contributed by atoms with van der Waals surface area (Å²) in [7, 11) is 0. The Labute approximate surface area is 221 Å². The van der Waals surface area contributed by atoms with E-state index in [1.54, 1.807) is 18.5 Å². The SMILES string of the molecule is C=C/C=C(/c1ccccn1)c1nc(-c2[nH]nc3ncc(-c4cncc(NC(=C)CC(C)C)c4)cc23)[nH]c1C. The Morgan fingerprint density at radius 2 is 1.95 bits per heavy atom. The first-order valence-corrected chi connectivity index (χ1v) is 12.5. The van der Waals surface area contributed by atoms with Crippen LogP contribution in [0.1, 0.15) is 37.4 Å². The number of pyridine rings is 3. The van der Waals surface area contributed by atoms with E-state index >= 15 is 0 Å². The van der Waals surface area contributed by atoms with Crippen LogP contribution in [0.3, 0.4) is 0 Å². The number of aromatic nitrogens is 7. The maximum absolute atomic E-state index is 4.93. The van der Waals surface area contributed by atoms with Gasteiger partial charge >= 0.3 is 0 Å². The lowest BCUT2D eigenvalue weighted by atomic mass is 10.1. The summed E-state index contributed by atoms with van der Waals surface area (Å²) in [5, 5.41) is 11.8. The van der Waals surface area contributed by atoms with Crippen LogP contribution in [0.2, 0.25) is 0 Å². The van der Waals surface area contributed by atoms with Gasteiger partial charge < -0.3 is 10.3 Å². The summed E-state index contributed by atoms with van der Waals surface area (Å²) in [5.41, 5.74) is 8.51. The highest BCUT2D eigenvalue weighted by Crippen LogP contribution is 2.31. The van der Waals surface area contributed by atoms with E-state index in [1.165, 1.54) is 0 Å². The van der Waals surface area contributed by atoms with Crippen LogP contribution in [-0.2, 0) is 0 Å². The molecule has 0 aliphatic rings. The van der Waals surface area contributed by atoms with Gasteiger partial charge in [0.05, 0.1) is 28.7 Å². The van der Waals surface area contributed by atoms with Gasteiger partial charge in [-0.15, -0.1) is 0 Å². The quantitative estimate of drug-likeness (QED) is 0.194. The van der Waals surface area contributed by atoms with Gasteiger partial charge in [0.15, 0.2) is 11.5 Å². The second-order valence-corrected chi connectivity index (χ2v) is 9.57. The summed E-state index contributed by atoms with van der Waals surface area (Å²) in [5.74, 6) is 1.19. The normalized spacial score (nSPS) is 11.7. The number of H-pyrrole nitrogens is 2. The van der Waals surface area contributed by atoms with Crippen LogP contribution in [0.4, 0.5) is 5.69 Å². The lowest BCUT2D eigenvalue weighted by Gasteiger charge is -2.12. The largest absolute Gasteiger partial charge is 0.358 e. The molecule has 0 fully saturated rings. The molecular weight excluding hydrogens is 472 g/mol. The number of fused-ring (bicyclic) bond motifs is 1. The van der Waals surface area contributed by atoms with E-state index < -0.39 is 0 Å². The van der Waals surface area contributed by atoms with Gasteiger partial charge in [-0.05, 0) is 43.5 Å². The Hall–Kier alpha value is -4.85. The minimum atomic E-state index is 0.523. The summed E-state index contributed by atoms with van der Waals surface area (Å²) >= 11 is 0. The van der Waals surface area contributed by atoms with E-state index in [0.717, 1.165) is 62.7 Å². The molecule has 0 saturated carbocycles. The molecule has 0 aliphatic heterocycles. The van der Waals surface area contributed by atoms with Crippen LogP contribution in [0.15, 0.2) is 86.1 Å². The first-order chi connectivity index (χ1) is 18.4. The molecule has 38 heavy (non-hydrogen) atoms. The van der Waals surface area contributed by atoms with Crippen molar-refractivity contribution in [2.75, 3.05) is 5.32 Å². The van der Waals surface area contributed by atoms with Crippen LogP contribution < -0.4 is 5.32 Å². The van der Waals surface area contributed by atoms with Crippen molar-refractivity contribution >= 4 is 22.3 Å². The molecule has 0 amide bonds. The number of hydrogen-bond acceptors (Lipinski definition) is 6. The zero-order valence-electron chi connectivity index (χ0n) is 21.8. The lowest BCUT2D eigenvalue weighted by molar-refractivity contribution is 0.645. The van der Waals surface area contributed by atoms with Crippen LogP contribution in [0.5, 0.6) is 0 Å². The fourth-order valence-electron chi connectivity index (χ4n) is 4.42. The van der Waals surface area contributed by atoms with Gasteiger partial charge in [-0.3, -0.25) is 15.1 Å². The van der Waals surface area contributed by atoms with E-state index in [0.29, 0.717) is 17.4 Å². The van der Waals surface area contributed by atoms with E-state index in [9.17, 15) is 0 Å². The van der Waals surface area contributed by atoms with Gasteiger partial charge in [0.1, 0.15) is 5.69 Å². The van der Waals surface area contributed by atoms with E-state index in [4.69, 9.17) is 4.98 Å². The van der Waals surface area contributed by atoms with Crippen LogP contribution in [-0.4, -0.2) is 35.1 Å². The molecule has 5 rings (SSSR count). The Bertz CT molecular complexity index is 1640. The van der Waals surface area contributed by atoms with Crippen molar-refractivity contribution in [3.63, 3.8) is 0 Å². The summed E-state index contributed by atoms with van der Waals surface area (Å²) in [6.07, 6.45) is 11.8. The highest BCUT2D eigenvalue weighted by Gasteiger charge is 2.18. The molecule has 8 heteroatoms. The molecular formula is C30H30N8. The monoisotopic (exact) mass is 502 g/mol. The molecule has 5 aromatic heterocycles. The summed E-state index contributed by atoms with van der Waals surface area (Å²) in [4.78, 5) is 21.9. The number of aryl methyl sites for hydroxylation is 1. The smallest absolute Gasteiger partial charge is 0.181 e. The van der Waals surface area contributed by atoms with Crippen molar-refractivity contribution in [1.29, 1.82) is 0 Å². The molecule has 0 bridgehead atoms. The van der Waals surface area contributed by atoms with Gasteiger partial charge in [-0.1, -0.05) is 45.2 Å². The zero-order chi connectivity index (χ0) is 26.6. The molecule has 8 nitrogen and oxygen atoms in total. The number of hydrogen-bond donors (Lipinski definition) is 3. The molecule has 0 radical (unpaired) electrons. The molecule has 0 atom stereocenters. The van der Waals surface area contributed by atoms with Crippen molar-refractivity contribution in [2.24, 2.45) is 5.92 Å². The molecule has 0 unspecified atom stereocenters. The molecule has 0 aliphatic carbocycles. The first kappa shape index (κ1) is 24.8. The minimum absolute atomic E-state index is 0.523. The summed E-state index contributed by atoms with van der Waals surface area (Å²) in [6.45, 7) is 14.3. The second-order valence-electron chi connectivity index (χ2n) is 9.57. The fraction of sp³-hybridized carbons (Fsp3) is 0.167. The predicted octanol–water partition coefficient (Wildman–Crippen LogP) is 6.70. The topological polar surface area (TPSA) is 108 Å². The number of aromatic amines is 2. The van der Waals surface area contributed by atoms with Crippen LogP contribution in [0.25, 0.3) is 39.3 Å². The minimum Gasteiger partial charge on any atom is -0.358 e. The third kappa shape index (κ3) is 5.15. The first-order valence-electron chi connectivity index (χ1n) is 12.5. The van der Waals surface area contributed by atoms with Crippen LogP contribution >= 0.6 is 0 Å². The van der Waals surface area contributed by atoms with Crippen molar-refractivity contribution in [1.82, 2.24) is 35.1 Å². The van der Waals surface area contributed by atoms with Crippen LogP contribution in [0, 0.1) is 12.8 Å². The van der Waals surface area contributed by atoms with Crippen molar-refractivity contribution in [3.05, 3.63) is 103 Å². The molecule has 190 valence electrons. The Morgan fingerprint density at radius 1 is 1.11 bits per heavy atom. The van der Waals surface area contributed by atoms with E-state index in [-0.39, 0.29) is 0 Å². The summed E-state index contributed by atoms with van der Waals surface area (Å²) in [6, 6.07) is 9.91. The number of allylic oxidation sites excluding steroid dienone is 3. The number of nitrogens with one attached hydrogen (secondary N) is 3. The fourth-order valence-corrected chi connectivity index (χ4v) is 4.42. The van der Waals surface area contributed by atoms with Gasteiger partial charge in [-0.25, -0.2) is 9.97 Å². The third-order valence-corrected chi connectivity index (χ3v) is 6.06. The highest BCUT2D eigenvalue weighted by molar-refractivity contribution is 5.92. The Morgan fingerprint density at radius 3 is 2.71 bits per heavy atom. The lowest BCUT2D eigenvalue weighted by Crippen LogP contribution is -2.02. The number of imidazole rings is 1. The standard InChI is InChI=1S/C30H30N8/c1-6-9-24(26-10-7-8-11-32-26)27-20(5)35-30(36-27)28-25-14-22(16-33-29(25)38-37-28)21-13-23(17-31-15-21)34-19(4)12-18(2)3/h6-11,13-18,34H,1,4,12H2,2-3,5H3,(H,35,36)(H,33,37,38)/b24-9-. The molecule has 0 spiro atoms. The third-order valence-electron chi connectivity index (χ3n) is 6.06. The van der Waals surface area contributed by atoms with Gasteiger partial charge in [0.25, 0.3) is 0 Å². The average molecular weight is 503 g/mol. The van der Waals surface area contributed by atoms with Gasteiger partial charge in [-0.2, -0.15) is 5.10 Å². The maximum Gasteiger partial charge on any atom is 0.181 e. The molecule has 5 aromatic rings. The maximum atomic E-state index is 4.93. The summed E-state index contributed by atoms with van der Waals surface area (Å²) < 4.78 is 0. The van der Waals surface area contributed by atoms with E-state index in [1.807, 2.05) is 43.6 Å². The van der Waals surface area contributed by atoms with Gasteiger partial charge in [0, 0.05) is 46.7 Å². The highest BCUT2D eigenvalue weighted by atomic mass is 15.2. The van der Waals surface area contributed by atoms with Crippen molar-refractivity contribution < 1.29 is 0 Å². The van der Waals surface area contributed by atoms with Crippen molar-refractivity contribution in [2.45, 2.75) is 27.2 Å². The molecule has 3 N–H and O–H groups in total. The number of anilines is 1. The van der Waals surface area contributed by atoms with Gasteiger partial charge in [0.2, 0.25) is 0 Å². The molecule has 5 heterocycles. The Balaban J connectivity index is 1.51. The number of rotatable bonds is 9.